The van der Waals surface area contributed by atoms with Gasteiger partial charge in [0.15, 0.2) is 0 Å². The number of aryl methyl sites for hydroxylation is 1. The van der Waals surface area contributed by atoms with Gasteiger partial charge >= 0.3 is 0 Å². The molecule has 0 atom stereocenters. The first-order chi connectivity index (χ1) is 12.5. The summed E-state index contributed by atoms with van der Waals surface area (Å²) < 4.78 is 0.471. The van der Waals surface area contributed by atoms with E-state index >= 15 is 0 Å². The molecule has 132 valence electrons. The van der Waals surface area contributed by atoms with Crippen molar-refractivity contribution in [3.63, 3.8) is 0 Å². The molecule has 0 aliphatic carbocycles. The third-order valence-corrected chi connectivity index (χ3v) is 5.12. The maximum atomic E-state index is 12.6. The fourth-order valence-electron chi connectivity index (χ4n) is 2.36. The van der Waals surface area contributed by atoms with Crippen LogP contribution in [0.15, 0.2) is 53.6 Å². The Kier molecular flexibility index (Phi) is 5.80. The van der Waals surface area contributed by atoms with Crippen molar-refractivity contribution in [2.75, 3.05) is 11.9 Å². The normalized spacial score (nSPS) is 15.6. The Bertz CT molecular complexity index is 864. The van der Waals surface area contributed by atoms with Gasteiger partial charge in [-0.25, -0.2) is 4.98 Å². The topological polar surface area (TPSA) is 62.3 Å². The van der Waals surface area contributed by atoms with Crippen molar-refractivity contribution in [1.29, 1.82) is 0 Å². The third kappa shape index (κ3) is 4.56. The Morgan fingerprint density at radius 1 is 1.27 bits per heavy atom. The molecule has 1 fully saturated rings. The number of rotatable bonds is 5. The van der Waals surface area contributed by atoms with Crippen LogP contribution in [0, 0.1) is 6.92 Å². The molecule has 3 rings (SSSR count). The van der Waals surface area contributed by atoms with Crippen molar-refractivity contribution >= 4 is 52.0 Å². The molecule has 1 aromatic heterocycles. The van der Waals surface area contributed by atoms with Crippen molar-refractivity contribution < 1.29 is 9.59 Å². The van der Waals surface area contributed by atoms with Crippen molar-refractivity contribution in [2.45, 2.75) is 13.3 Å². The molecule has 0 radical (unpaired) electrons. The van der Waals surface area contributed by atoms with Crippen molar-refractivity contribution in [3.8, 4) is 0 Å². The third-order valence-electron chi connectivity index (χ3n) is 3.74. The first-order valence-corrected chi connectivity index (χ1v) is 9.28. The zero-order valence-electron chi connectivity index (χ0n) is 14.1. The maximum Gasteiger partial charge on any atom is 0.266 e. The van der Waals surface area contributed by atoms with E-state index in [1.165, 1.54) is 16.7 Å². The number of carbonyl (C=O) groups excluding carboxylic acids is 2. The van der Waals surface area contributed by atoms with E-state index in [9.17, 15) is 9.59 Å². The van der Waals surface area contributed by atoms with E-state index in [1.807, 2.05) is 37.3 Å². The van der Waals surface area contributed by atoms with E-state index in [4.69, 9.17) is 12.2 Å². The second kappa shape index (κ2) is 8.25. The van der Waals surface area contributed by atoms with Crippen molar-refractivity contribution in [2.24, 2.45) is 0 Å². The molecule has 1 aliphatic heterocycles. The van der Waals surface area contributed by atoms with E-state index in [0.717, 1.165) is 11.1 Å². The molecule has 7 heteroatoms. The average molecular weight is 383 g/mol. The summed E-state index contributed by atoms with van der Waals surface area (Å²) in [5.74, 6) is 0.119. The predicted molar refractivity (Wildman–Crippen MR) is 109 cm³/mol. The Labute approximate surface area is 161 Å². The standard InChI is InChI=1S/C19H17N3O2S2/c1-13-5-7-14(8-6-13)12-15-18(24)22(19(25)26-15)11-9-17(23)21-16-4-2-3-10-20-16/h2-8,10,12H,9,11H2,1H3,(H,20,21,23). The number of anilines is 1. The molecule has 26 heavy (non-hydrogen) atoms. The van der Waals surface area contributed by atoms with Crippen LogP contribution in [0.4, 0.5) is 5.82 Å². The first-order valence-electron chi connectivity index (χ1n) is 8.06. The van der Waals surface area contributed by atoms with Gasteiger partial charge in [0.05, 0.1) is 4.91 Å². The summed E-state index contributed by atoms with van der Waals surface area (Å²) in [6, 6.07) is 13.2. The predicted octanol–water partition coefficient (Wildman–Crippen LogP) is 3.62. The Hall–Kier alpha value is -2.51. The summed E-state index contributed by atoms with van der Waals surface area (Å²) in [4.78, 5) is 30.7. The molecule has 2 aromatic rings. The zero-order chi connectivity index (χ0) is 18.5. The summed E-state index contributed by atoms with van der Waals surface area (Å²) in [5.41, 5.74) is 2.11. The second-order valence-electron chi connectivity index (χ2n) is 5.76. The fourth-order valence-corrected chi connectivity index (χ4v) is 3.67. The van der Waals surface area contributed by atoms with Crippen molar-refractivity contribution in [1.82, 2.24) is 9.88 Å². The number of hydrogen-bond acceptors (Lipinski definition) is 5. The lowest BCUT2D eigenvalue weighted by atomic mass is 10.1. The smallest absolute Gasteiger partial charge is 0.266 e. The van der Waals surface area contributed by atoms with Crippen LogP contribution in [0.1, 0.15) is 17.5 Å². The van der Waals surface area contributed by atoms with Gasteiger partial charge in [0.1, 0.15) is 10.1 Å². The molecule has 0 bridgehead atoms. The largest absolute Gasteiger partial charge is 0.311 e. The van der Waals surface area contributed by atoms with E-state index in [-0.39, 0.29) is 24.8 Å². The number of aromatic nitrogens is 1. The Morgan fingerprint density at radius 3 is 2.73 bits per heavy atom. The Balaban J connectivity index is 1.60. The highest BCUT2D eigenvalue weighted by Crippen LogP contribution is 2.32. The zero-order valence-corrected chi connectivity index (χ0v) is 15.8. The van der Waals surface area contributed by atoms with Crippen LogP contribution in [-0.4, -0.2) is 32.6 Å². The van der Waals surface area contributed by atoms with Gasteiger partial charge in [-0.3, -0.25) is 14.5 Å². The number of carbonyl (C=O) groups is 2. The molecule has 0 spiro atoms. The lowest BCUT2D eigenvalue weighted by Gasteiger charge is -2.13. The molecule has 2 amide bonds. The van der Waals surface area contributed by atoms with Crippen LogP contribution in [0.2, 0.25) is 0 Å². The quantitative estimate of drug-likeness (QED) is 0.631. The van der Waals surface area contributed by atoms with Gasteiger partial charge in [0.2, 0.25) is 5.91 Å². The molecule has 5 nitrogen and oxygen atoms in total. The molecule has 1 N–H and O–H groups in total. The van der Waals surface area contributed by atoms with Gasteiger partial charge in [0.25, 0.3) is 5.91 Å². The van der Waals surface area contributed by atoms with Crippen LogP contribution in [-0.2, 0) is 9.59 Å². The summed E-state index contributed by atoms with van der Waals surface area (Å²) in [6.45, 7) is 2.26. The number of nitrogens with zero attached hydrogens (tertiary/aromatic N) is 2. The lowest BCUT2D eigenvalue weighted by molar-refractivity contribution is -0.122. The maximum absolute atomic E-state index is 12.6. The number of thiocarbonyl (C=S) groups is 1. The van der Waals surface area contributed by atoms with Crippen molar-refractivity contribution in [3.05, 3.63) is 64.7 Å². The van der Waals surface area contributed by atoms with Crippen LogP contribution in [0.5, 0.6) is 0 Å². The van der Waals surface area contributed by atoms with Gasteiger partial charge in [0, 0.05) is 19.2 Å². The van der Waals surface area contributed by atoms with Crippen LogP contribution < -0.4 is 5.32 Å². The number of pyridine rings is 1. The van der Waals surface area contributed by atoms with E-state index < -0.39 is 0 Å². The minimum absolute atomic E-state index is 0.154. The van der Waals surface area contributed by atoms with Gasteiger partial charge in [-0.05, 0) is 30.7 Å². The van der Waals surface area contributed by atoms with Gasteiger partial charge < -0.3 is 5.32 Å². The van der Waals surface area contributed by atoms with Crippen LogP contribution >= 0.6 is 24.0 Å². The highest BCUT2D eigenvalue weighted by atomic mass is 32.2. The SMILES string of the molecule is Cc1ccc(C=C2SC(=S)N(CCC(=O)Nc3ccccn3)C2=O)cc1. The number of hydrogen-bond donors (Lipinski definition) is 1. The average Bonchev–Trinajstić information content (AvgIpc) is 2.89. The number of benzene rings is 1. The highest BCUT2D eigenvalue weighted by molar-refractivity contribution is 8.26. The highest BCUT2D eigenvalue weighted by Gasteiger charge is 2.32. The Morgan fingerprint density at radius 2 is 2.04 bits per heavy atom. The summed E-state index contributed by atoms with van der Waals surface area (Å²) in [5, 5.41) is 2.70. The number of thioether (sulfide) groups is 1. The first kappa shape index (κ1) is 18.3. The van der Waals surface area contributed by atoms with Crippen LogP contribution in [0.3, 0.4) is 0 Å². The molecule has 0 unspecified atom stereocenters. The molecular formula is C19H17N3O2S2. The molecule has 2 heterocycles. The van der Waals surface area contributed by atoms with E-state index in [2.05, 4.69) is 10.3 Å². The second-order valence-corrected chi connectivity index (χ2v) is 7.43. The summed E-state index contributed by atoms with van der Waals surface area (Å²) >= 11 is 6.56. The molecule has 1 saturated heterocycles. The number of amides is 2. The van der Waals surface area contributed by atoms with E-state index in [1.54, 1.807) is 24.4 Å². The van der Waals surface area contributed by atoms with Gasteiger partial charge in [-0.1, -0.05) is 59.9 Å². The minimum Gasteiger partial charge on any atom is -0.311 e. The van der Waals surface area contributed by atoms with Gasteiger partial charge in [-0.2, -0.15) is 0 Å². The van der Waals surface area contributed by atoms with Gasteiger partial charge in [-0.15, -0.1) is 0 Å². The molecular weight excluding hydrogens is 366 g/mol. The molecule has 1 aliphatic rings. The summed E-state index contributed by atoms with van der Waals surface area (Å²) in [6.07, 6.45) is 3.58. The fraction of sp³-hybridized carbons (Fsp3) is 0.158. The monoisotopic (exact) mass is 383 g/mol. The van der Waals surface area contributed by atoms with Crippen LogP contribution in [0.25, 0.3) is 6.08 Å². The lowest BCUT2D eigenvalue weighted by Crippen LogP contribution is -2.31. The molecule has 1 aromatic carbocycles. The molecule has 0 saturated carbocycles. The minimum atomic E-state index is -0.208. The van der Waals surface area contributed by atoms with E-state index in [0.29, 0.717) is 15.0 Å². The number of nitrogens with one attached hydrogen (secondary N) is 1. The summed E-state index contributed by atoms with van der Waals surface area (Å²) in [7, 11) is 0.